The maximum atomic E-state index is 12.8. The molecule has 0 spiro atoms. The fourth-order valence-corrected chi connectivity index (χ4v) is 2.45. The molecule has 0 fully saturated rings. The molecule has 0 aliphatic rings. The summed E-state index contributed by atoms with van der Waals surface area (Å²) in [5.41, 5.74) is 2.58. The Morgan fingerprint density at radius 3 is 2.08 bits per heavy atom. The van der Waals surface area contributed by atoms with Crippen LogP contribution in [0.5, 0.6) is 0 Å². The molecule has 2 N–H and O–H groups in total. The summed E-state index contributed by atoms with van der Waals surface area (Å²) in [4.78, 5) is 23.9. The summed E-state index contributed by atoms with van der Waals surface area (Å²) >= 11 is 0. The van der Waals surface area contributed by atoms with E-state index in [1.165, 1.54) is 6.92 Å². The highest BCUT2D eigenvalue weighted by molar-refractivity contribution is 6.29. The third-order valence-electron chi connectivity index (χ3n) is 3.62. The van der Waals surface area contributed by atoms with E-state index in [1.54, 1.807) is 48.7 Å². The minimum Gasteiger partial charge on any atom is -0.465 e. The molecule has 0 bridgehead atoms. The van der Waals surface area contributed by atoms with E-state index in [-0.39, 0.29) is 11.8 Å². The molecule has 0 saturated heterocycles. The smallest absolute Gasteiger partial charge is 0.256 e. The van der Waals surface area contributed by atoms with Crippen LogP contribution in [-0.4, -0.2) is 11.8 Å². The van der Waals surface area contributed by atoms with Gasteiger partial charge >= 0.3 is 0 Å². The van der Waals surface area contributed by atoms with E-state index >= 15 is 0 Å². The second kappa shape index (κ2) is 7.98. The molecule has 0 saturated carbocycles. The first-order chi connectivity index (χ1) is 12.6. The lowest BCUT2D eigenvalue weighted by molar-refractivity contribution is -0.114. The largest absolute Gasteiger partial charge is 0.465 e. The molecule has 2 amide bonds. The van der Waals surface area contributed by atoms with Crippen molar-refractivity contribution in [3.05, 3.63) is 84.3 Å². The van der Waals surface area contributed by atoms with Crippen LogP contribution in [0.25, 0.3) is 11.6 Å². The van der Waals surface area contributed by atoms with Crippen LogP contribution in [0.1, 0.15) is 18.2 Å². The van der Waals surface area contributed by atoms with Crippen molar-refractivity contribution in [3.8, 4) is 0 Å². The molecule has 2 aromatic carbocycles. The van der Waals surface area contributed by atoms with Gasteiger partial charge in [-0.3, -0.25) is 9.59 Å². The molecular formula is C21H18N2O3. The van der Waals surface area contributed by atoms with E-state index in [0.29, 0.717) is 22.7 Å². The van der Waals surface area contributed by atoms with Crippen LogP contribution < -0.4 is 10.6 Å². The van der Waals surface area contributed by atoms with Crippen LogP contribution >= 0.6 is 0 Å². The van der Waals surface area contributed by atoms with Gasteiger partial charge in [0.2, 0.25) is 5.91 Å². The Bertz CT molecular complexity index is 912. The van der Waals surface area contributed by atoms with Gasteiger partial charge in [-0.15, -0.1) is 0 Å². The summed E-state index contributed by atoms with van der Waals surface area (Å²) in [6, 6.07) is 19.9. The van der Waals surface area contributed by atoms with Crippen molar-refractivity contribution in [1.29, 1.82) is 0 Å². The first kappa shape index (κ1) is 17.2. The van der Waals surface area contributed by atoms with Crippen molar-refractivity contribution in [3.63, 3.8) is 0 Å². The van der Waals surface area contributed by atoms with Gasteiger partial charge in [0.05, 0.1) is 11.8 Å². The first-order valence-corrected chi connectivity index (χ1v) is 8.11. The van der Waals surface area contributed by atoms with Gasteiger partial charge in [-0.25, -0.2) is 0 Å². The van der Waals surface area contributed by atoms with E-state index in [2.05, 4.69) is 10.6 Å². The average Bonchev–Trinajstić information content (AvgIpc) is 3.15. The Labute approximate surface area is 151 Å². The molecule has 1 aromatic heterocycles. The Morgan fingerprint density at radius 2 is 1.50 bits per heavy atom. The summed E-state index contributed by atoms with van der Waals surface area (Å²) in [6.45, 7) is 1.45. The highest BCUT2D eigenvalue weighted by atomic mass is 16.3. The molecule has 5 nitrogen and oxygen atoms in total. The van der Waals surface area contributed by atoms with Gasteiger partial charge in [-0.1, -0.05) is 30.3 Å². The standard InChI is InChI=1S/C21H18N2O3/c1-15(24)22-17-9-11-18(12-10-17)23-21(25)20(14-19-8-5-13-26-19)16-6-3-2-4-7-16/h2-14H,1H3,(H,22,24)(H,23,25)/b20-14+. The van der Waals surface area contributed by atoms with Gasteiger partial charge < -0.3 is 15.1 Å². The zero-order valence-corrected chi connectivity index (χ0v) is 14.2. The van der Waals surface area contributed by atoms with E-state index in [0.717, 1.165) is 5.56 Å². The highest BCUT2D eigenvalue weighted by Crippen LogP contribution is 2.21. The minimum absolute atomic E-state index is 0.144. The lowest BCUT2D eigenvalue weighted by Crippen LogP contribution is -2.13. The lowest BCUT2D eigenvalue weighted by atomic mass is 10.0. The monoisotopic (exact) mass is 346 g/mol. The molecule has 130 valence electrons. The molecule has 3 rings (SSSR count). The summed E-state index contributed by atoms with van der Waals surface area (Å²) < 4.78 is 5.34. The number of hydrogen-bond donors (Lipinski definition) is 2. The number of carbonyl (C=O) groups excluding carboxylic acids is 2. The summed E-state index contributed by atoms with van der Waals surface area (Å²) in [5.74, 6) is 0.203. The fraction of sp³-hybridized carbons (Fsp3) is 0.0476. The molecule has 0 aliphatic carbocycles. The molecule has 0 atom stereocenters. The Morgan fingerprint density at radius 1 is 0.846 bits per heavy atom. The zero-order valence-electron chi connectivity index (χ0n) is 14.2. The predicted molar refractivity (Wildman–Crippen MR) is 102 cm³/mol. The van der Waals surface area contributed by atoms with Gasteiger partial charge in [0.15, 0.2) is 0 Å². The molecule has 1 heterocycles. The zero-order chi connectivity index (χ0) is 18.4. The molecule has 0 radical (unpaired) electrons. The van der Waals surface area contributed by atoms with Gasteiger partial charge in [-0.2, -0.15) is 0 Å². The summed E-state index contributed by atoms with van der Waals surface area (Å²) in [7, 11) is 0. The van der Waals surface area contributed by atoms with Gasteiger partial charge in [0.25, 0.3) is 5.91 Å². The maximum absolute atomic E-state index is 12.8. The number of carbonyl (C=O) groups is 2. The van der Waals surface area contributed by atoms with E-state index in [4.69, 9.17) is 4.42 Å². The molecule has 3 aromatic rings. The van der Waals surface area contributed by atoms with Gasteiger partial charge in [0.1, 0.15) is 5.76 Å². The second-order valence-electron chi connectivity index (χ2n) is 5.65. The molecule has 26 heavy (non-hydrogen) atoms. The lowest BCUT2D eigenvalue weighted by Gasteiger charge is -2.10. The van der Waals surface area contributed by atoms with E-state index in [1.807, 2.05) is 30.3 Å². The van der Waals surface area contributed by atoms with Crippen LogP contribution in [0, 0.1) is 0 Å². The Balaban J connectivity index is 1.83. The summed E-state index contributed by atoms with van der Waals surface area (Å²) in [6.07, 6.45) is 3.27. The van der Waals surface area contributed by atoms with Crippen LogP contribution in [0.3, 0.4) is 0 Å². The number of hydrogen-bond acceptors (Lipinski definition) is 3. The quantitative estimate of drug-likeness (QED) is 0.672. The number of rotatable bonds is 5. The highest BCUT2D eigenvalue weighted by Gasteiger charge is 2.13. The molecule has 0 aliphatic heterocycles. The van der Waals surface area contributed by atoms with Crippen LogP contribution in [0.15, 0.2) is 77.4 Å². The van der Waals surface area contributed by atoms with Crippen LogP contribution in [0.4, 0.5) is 11.4 Å². The number of benzene rings is 2. The SMILES string of the molecule is CC(=O)Nc1ccc(NC(=O)/C(=C/c2ccco2)c2ccccc2)cc1. The minimum atomic E-state index is -0.250. The third kappa shape index (κ3) is 4.48. The number of furan rings is 1. The van der Waals surface area contributed by atoms with E-state index < -0.39 is 0 Å². The Hall–Kier alpha value is -3.60. The first-order valence-electron chi connectivity index (χ1n) is 8.11. The van der Waals surface area contributed by atoms with Crippen molar-refractivity contribution >= 4 is 34.8 Å². The summed E-state index contributed by atoms with van der Waals surface area (Å²) in [5, 5.41) is 5.56. The maximum Gasteiger partial charge on any atom is 0.256 e. The molecular weight excluding hydrogens is 328 g/mol. The third-order valence-corrected chi connectivity index (χ3v) is 3.62. The predicted octanol–water partition coefficient (Wildman–Crippen LogP) is 4.42. The van der Waals surface area contributed by atoms with E-state index in [9.17, 15) is 9.59 Å². The topological polar surface area (TPSA) is 71.3 Å². The molecule has 5 heteroatoms. The number of nitrogens with one attached hydrogen (secondary N) is 2. The van der Waals surface area contributed by atoms with Crippen LogP contribution in [-0.2, 0) is 9.59 Å². The second-order valence-corrected chi connectivity index (χ2v) is 5.65. The van der Waals surface area contributed by atoms with Crippen LogP contribution in [0.2, 0.25) is 0 Å². The van der Waals surface area contributed by atoms with Gasteiger partial charge in [0, 0.05) is 18.3 Å². The van der Waals surface area contributed by atoms with Crippen molar-refractivity contribution < 1.29 is 14.0 Å². The van der Waals surface area contributed by atoms with Crippen molar-refractivity contribution in [1.82, 2.24) is 0 Å². The normalized spacial score (nSPS) is 11.0. The van der Waals surface area contributed by atoms with Crippen molar-refractivity contribution in [2.45, 2.75) is 6.92 Å². The number of amides is 2. The van der Waals surface area contributed by atoms with Gasteiger partial charge in [-0.05, 0) is 48.0 Å². The van der Waals surface area contributed by atoms with Crippen molar-refractivity contribution in [2.24, 2.45) is 0 Å². The average molecular weight is 346 g/mol. The fourth-order valence-electron chi connectivity index (χ4n) is 2.45. The molecule has 0 unspecified atom stereocenters. The van der Waals surface area contributed by atoms with Crippen molar-refractivity contribution in [2.75, 3.05) is 10.6 Å². The number of anilines is 2. The Kier molecular flexibility index (Phi) is 5.29.